The van der Waals surface area contributed by atoms with Gasteiger partial charge in [-0.1, -0.05) is 18.2 Å². The quantitative estimate of drug-likeness (QED) is 0.533. The lowest BCUT2D eigenvalue weighted by Gasteiger charge is -2.06. The number of benzene rings is 3. The minimum Gasteiger partial charge on any atom is -0.454 e. The summed E-state index contributed by atoms with van der Waals surface area (Å²) in [5.41, 5.74) is 2.74. The molecule has 0 unspecified atom stereocenters. The van der Waals surface area contributed by atoms with E-state index in [9.17, 15) is 9.59 Å². The van der Waals surface area contributed by atoms with Crippen LogP contribution < -0.4 is 29.6 Å². The molecule has 2 amide bonds. The van der Waals surface area contributed by atoms with Gasteiger partial charge in [-0.05, 0) is 65.7 Å². The van der Waals surface area contributed by atoms with Crippen LogP contribution in [-0.4, -0.2) is 25.4 Å². The van der Waals surface area contributed by atoms with Crippen LogP contribution in [0.4, 0.5) is 11.4 Å². The molecule has 0 bridgehead atoms. The predicted molar refractivity (Wildman–Crippen MR) is 127 cm³/mol. The molecule has 2 aliphatic heterocycles. The molecule has 0 fully saturated rings. The Morgan fingerprint density at radius 3 is 1.59 bits per heavy atom. The molecule has 8 nitrogen and oxygen atoms in total. The van der Waals surface area contributed by atoms with Gasteiger partial charge in [0.05, 0.1) is 0 Å². The van der Waals surface area contributed by atoms with Crippen LogP contribution >= 0.6 is 0 Å². The van der Waals surface area contributed by atoms with Gasteiger partial charge in [0.1, 0.15) is 0 Å². The van der Waals surface area contributed by atoms with Crippen LogP contribution in [0.3, 0.4) is 0 Å². The van der Waals surface area contributed by atoms with Crippen molar-refractivity contribution < 1.29 is 28.5 Å². The Kier molecular flexibility index (Phi) is 5.85. The number of carbonyl (C=O) groups excluding carboxylic acids is 2. The highest BCUT2D eigenvalue weighted by molar-refractivity contribution is 6.04. The lowest BCUT2D eigenvalue weighted by Crippen LogP contribution is -2.10. The summed E-state index contributed by atoms with van der Waals surface area (Å²) in [5, 5.41) is 5.57. The summed E-state index contributed by atoms with van der Waals surface area (Å²) in [5.74, 6) is 2.07. The smallest absolute Gasteiger partial charge is 0.248 e. The van der Waals surface area contributed by atoms with Crippen molar-refractivity contribution in [2.75, 3.05) is 24.2 Å². The van der Waals surface area contributed by atoms with Gasteiger partial charge in [0.25, 0.3) is 0 Å². The Morgan fingerprint density at radius 2 is 1.09 bits per heavy atom. The van der Waals surface area contributed by atoms with Gasteiger partial charge < -0.3 is 29.6 Å². The van der Waals surface area contributed by atoms with Crippen molar-refractivity contribution in [3.63, 3.8) is 0 Å². The van der Waals surface area contributed by atoms with E-state index in [1.807, 2.05) is 12.1 Å². The van der Waals surface area contributed by atoms with Crippen molar-refractivity contribution in [3.05, 3.63) is 83.9 Å². The van der Waals surface area contributed by atoms with Crippen LogP contribution in [0.15, 0.2) is 72.8 Å². The van der Waals surface area contributed by atoms with Gasteiger partial charge in [-0.15, -0.1) is 0 Å². The number of amides is 2. The van der Waals surface area contributed by atoms with Crippen molar-refractivity contribution in [2.24, 2.45) is 0 Å². The molecule has 0 aromatic heterocycles. The predicted octanol–water partition coefficient (Wildman–Crippen LogP) is 4.45. The zero-order chi connectivity index (χ0) is 23.3. The van der Waals surface area contributed by atoms with Crippen molar-refractivity contribution >= 4 is 35.3 Å². The number of fused-ring (bicyclic) bond motifs is 2. The molecule has 0 spiro atoms. The van der Waals surface area contributed by atoms with Crippen LogP contribution in [0, 0.1) is 0 Å². The van der Waals surface area contributed by atoms with E-state index in [-0.39, 0.29) is 25.4 Å². The van der Waals surface area contributed by atoms with Crippen LogP contribution in [0.2, 0.25) is 0 Å². The number of hydrogen-bond donors (Lipinski definition) is 2. The Morgan fingerprint density at radius 1 is 0.618 bits per heavy atom. The maximum atomic E-state index is 12.3. The third kappa shape index (κ3) is 5.02. The molecular formula is C26H20N2O6. The third-order valence-electron chi connectivity index (χ3n) is 5.05. The average molecular weight is 456 g/mol. The number of hydrogen-bond acceptors (Lipinski definition) is 6. The van der Waals surface area contributed by atoms with Crippen molar-refractivity contribution in [1.82, 2.24) is 0 Å². The zero-order valence-corrected chi connectivity index (χ0v) is 17.9. The van der Waals surface area contributed by atoms with Gasteiger partial charge >= 0.3 is 0 Å². The molecule has 0 saturated carbocycles. The second-order valence-electron chi connectivity index (χ2n) is 7.45. The largest absolute Gasteiger partial charge is 0.454 e. The highest BCUT2D eigenvalue weighted by Gasteiger charge is 2.13. The summed E-state index contributed by atoms with van der Waals surface area (Å²) >= 11 is 0. The number of nitrogens with one attached hydrogen (secondary N) is 2. The summed E-state index contributed by atoms with van der Waals surface area (Å²) < 4.78 is 21.2. The van der Waals surface area contributed by atoms with E-state index in [2.05, 4.69) is 10.6 Å². The number of ether oxygens (including phenoxy) is 4. The molecule has 0 aliphatic carbocycles. The molecular weight excluding hydrogens is 436 g/mol. The number of anilines is 2. The third-order valence-corrected chi connectivity index (χ3v) is 5.05. The molecule has 170 valence electrons. The molecule has 0 atom stereocenters. The molecule has 2 aliphatic rings. The first-order valence-corrected chi connectivity index (χ1v) is 10.5. The summed E-state index contributed by atoms with van der Waals surface area (Å²) in [6, 6.07) is 17.8. The van der Waals surface area contributed by atoms with E-state index < -0.39 is 0 Å². The van der Waals surface area contributed by atoms with E-state index >= 15 is 0 Å². The van der Waals surface area contributed by atoms with E-state index in [0.717, 1.165) is 11.1 Å². The highest BCUT2D eigenvalue weighted by Crippen LogP contribution is 2.33. The molecule has 3 aromatic rings. The first-order chi connectivity index (χ1) is 16.6. The summed E-state index contributed by atoms with van der Waals surface area (Å²) in [4.78, 5) is 24.6. The standard InChI is InChI=1S/C26H20N2O6/c29-25(10-6-17-4-8-21-23(12-17)33-15-31-21)27-19-2-1-3-20(14-19)28-26(30)11-7-18-5-9-22-24(13-18)34-16-32-22/h1-14H,15-16H2,(H,27,29)(H,28,30)/b10-6-,11-7-. The molecule has 3 aromatic carbocycles. The highest BCUT2D eigenvalue weighted by atomic mass is 16.7. The monoisotopic (exact) mass is 456 g/mol. The van der Waals surface area contributed by atoms with Crippen LogP contribution in [0.1, 0.15) is 11.1 Å². The summed E-state index contributed by atoms with van der Waals surface area (Å²) in [6.45, 7) is 0.397. The normalized spacial score (nSPS) is 13.4. The summed E-state index contributed by atoms with van der Waals surface area (Å²) in [6.07, 6.45) is 6.22. The molecule has 5 rings (SSSR count). The van der Waals surface area contributed by atoms with Gasteiger partial charge in [-0.2, -0.15) is 0 Å². The van der Waals surface area contributed by atoms with E-state index in [0.29, 0.717) is 34.4 Å². The maximum Gasteiger partial charge on any atom is 0.248 e. The first-order valence-electron chi connectivity index (χ1n) is 10.5. The van der Waals surface area contributed by atoms with E-state index in [1.54, 1.807) is 60.7 Å². The number of carbonyl (C=O) groups is 2. The number of rotatable bonds is 6. The fourth-order valence-electron chi connectivity index (χ4n) is 3.42. The SMILES string of the molecule is O=C(/C=C\c1ccc2c(c1)OCO2)Nc1cccc(NC(=O)/C=C\c2ccc3c(c2)OCO3)c1. The van der Waals surface area contributed by atoms with E-state index in [1.165, 1.54) is 12.2 Å². The maximum absolute atomic E-state index is 12.3. The molecule has 34 heavy (non-hydrogen) atoms. The Labute approximate surface area is 195 Å². The molecule has 0 radical (unpaired) electrons. The van der Waals surface area contributed by atoms with Gasteiger partial charge in [-0.25, -0.2) is 0 Å². The van der Waals surface area contributed by atoms with Crippen LogP contribution in [0.5, 0.6) is 23.0 Å². The van der Waals surface area contributed by atoms with Gasteiger partial charge in [-0.3, -0.25) is 9.59 Å². The fraction of sp³-hybridized carbons (Fsp3) is 0.0769. The lowest BCUT2D eigenvalue weighted by atomic mass is 10.2. The minimum atomic E-state index is -0.302. The second-order valence-corrected chi connectivity index (χ2v) is 7.45. The molecule has 2 heterocycles. The van der Waals surface area contributed by atoms with Crippen molar-refractivity contribution in [3.8, 4) is 23.0 Å². The minimum absolute atomic E-state index is 0.198. The fourth-order valence-corrected chi connectivity index (χ4v) is 3.42. The Bertz CT molecular complexity index is 1220. The summed E-state index contributed by atoms with van der Waals surface area (Å²) in [7, 11) is 0. The zero-order valence-electron chi connectivity index (χ0n) is 17.9. The average Bonchev–Trinajstić information content (AvgIpc) is 3.50. The molecule has 0 saturated heterocycles. The second kappa shape index (κ2) is 9.41. The first kappa shape index (κ1) is 21.1. The van der Waals surface area contributed by atoms with Crippen molar-refractivity contribution in [1.29, 1.82) is 0 Å². The topological polar surface area (TPSA) is 95.1 Å². The molecule has 2 N–H and O–H groups in total. The molecule has 8 heteroatoms. The van der Waals surface area contributed by atoms with Gasteiger partial charge in [0.15, 0.2) is 23.0 Å². The van der Waals surface area contributed by atoms with Crippen LogP contribution in [0.25, 0.3) is 12.2 Å². The Balaban J connectivity index is 1.17. The van der Waals surface area contributed by atoms with Gasteiger partial charge in [0.2, 0.25) is 25.4 Å². The van der Waals surface area contributed by atoms with Crippen molar-refractivity contribution in [2.45, 2.75) is 0 Å². The Hall–Kier alpha value is -4.72. The van der Waals surface area contributed by atoms with Crippen LogP contribution in [-0.2, 0) is 9.59 Å². The lowest BCUT2D eigenvalue weighted by molar-refractivity contribution is -0.112. The van der Waals surface area contributed by atoms with E-state index in [4.69, 9.17) is 18.9 Å². The van der Waals surface area contributed by atoms with Gasteiger partial charge in [0, 0.05) is 23.5 Å².